The number of amides is 1. The summed E-state index contributed by atoms with van der Waals surface area (Å²) in [6, 6.07) is 5.23. The molecule has 19 heavy (non-hydrogen) atoms. The van der Waals surface area contributed by atoms with Gasteiger partial charge < -0.3 is 10.4 Å². The molecule has 1 amide bonds. The van der Waals surface area contributed by atoms with E-state index in [0.717, 1.165) is 5.56 Å². The molecule has 5 heteroatoms. The van der Waals surface area contributed by atoms with Gasteiger partial charge in [0.05, 0.1) is 11.6 Å². The van der Waals surface area contributed by atoms with Crippen LogP contribution in [0.25, 0.3) is 0 Å². The van der Waals surface area contributed by atoms with Crippen LogP contribution in [-0.2, 0) is 11.2 Å². The number of hydrogen-bond donors (Lipinski definition) is 2. The number of rotatable bonds is 5. The zero-order chi connectivity index (χ0) is 14.6. The third-order valence-electron chi connectivity index (χ3n) is 3.14. The largest absolute Gasteiger partial charge is 0.391 e. The second kappa shape index (κ2) is 6.60. The SMILES string of the molecule is CC(O)C(C)(C)NC(=O)CCc1ccc(Cl)cc1Cl. The number of aliphatic hydroxyl groups excluding tert-OH is 1. The van der Waals surface area contributed by atoms with Crippen LogP contribution in [0.15, 0.2) is 18.2 Å². The molecule has 1 aromatic rings. The first-order valence-electron chi connectivity index (χ1n) is 6.15. The minimum absolute atomic E-state index is 0.114. The molecule has 1 aromatic carbocycles. The lowest BCUT2D eigenvalue weighted by Gasteiger charge is -2.29. The Balaban J connectivity index is 2.55. The molecule has 0 bridgehead atoms. The third-order valence-corrected chi connectivity index (χ3v) is 3.73. The fourth-order valence-electron chi connectivity index (χ4n) is 1.50. The van der Waals surface area contributed by atoms with E-state index in [1.807, 2.05) is 6.07 Å². The summed E-state index contributed by atoms with van der Waals surface area (Å²) in [5.41, 5.74) is 0.247. The van der Waals surface area contributed by atoms with Crippen LogP contribution in [0.5, 0.6) is 0 Å². The van der Waals surface area contributed by atoms with Crippen LogP contribution < -0.4 is 5.32 Å². The molecular formula is C14H19Cl2NO2. The van der Waals surface area contributed by atoms with E-state index >= 15 is 0 Å². The Morgan fingerprint density at radius 1 is 1.42 bits per heavy atom. The van der Waals surface area contributed by atoms with E-state index < -0.39 is 11.6 Å². The van der Waals surface area contributed by atoms with Gasteiger partial charge in [0, 0.05) is 16.5 Å². The van der Waals surface area contributed by atoms with Crippen molar-refractivity contribution in [1.29, 1.82) is 0 Å². The topological polar surface area (TPSA) is 49.3 Å². The van der Waals surface area contributed by atoms with Crippen molar-refractivity contribution in [2.24, 2.45) is 0 Å². The maximum absolute atomic E-state index is 11.8. The van der Waals surface area contributed by atoms with Crippen LogP contribution in [0.2, 0.25) is 10.0 Å². The van der Waals surface area contributed by atoms with Gasteiger partial charge in [-0.2, -0.15) is 0 Å². The van der Waals surface area contributed by atoms with Crippen molar-refractivity contribution in [3.05, 3.63) is 33.8 Å². The monoisotopic (exact) mass is 303 g/mol. The number of aliphatic hydroxyl groups is 1. The number of halogens is 2. The first-order chi connectivity index (χ1) is 8.72. The highest BCUT2D eigenvalue weighted by molar-refractivity contribution is 6.35. The molecule has 0 saturated heterocycles. The Hall–Kier alpha value is -0.770. The summed E-state index contributed by atoms with van der Waals surface area (Å²) in [4.78, 5) is 11.8. The lowest BCUT2D eigenvalue weighted by atomic mass is 9.98. The molecule has 0 radical (unpaired) electrons. The van der Waals surface area contributed by atoms with Crippen molar-refractivity contribution in [2.45, 2.75) is 45.3 Å². The Morgan fingerprint density at radius 2 is 2.05 bits per heavy atom. The third kappa shape index (κ3) is 5.01. The van der Waals surface area contributed by atoms with Crippen LogP contribution >= 0.6 is 23.2 Å². The highest BCUT2D eigenvalue weighted by atomic mass is 35.5. The fourth-order valence-corrected chi connectivity index (χ4v) is 2.00. The van der Waals surface area contributed by atoms with Gasteiger partial charge in [0.15, 0.2) is 0 Å². The van der Waals surface area contributed by atoms with Crippen molar-refractivity contribution >= 4 is 29.1 Å². The van der Waals surface area contributed by atoms with Gasteiger partial charge in [-0.15, -0.1) is 0 Å². The molecular weight excluding hydrogens is 285 g/mol. The van der Waals surface area contributed by atoms with Crippen LogP contribution in [-0.4, -0.2) is 22.7 Å². The molecule has 0 spiro atoms. The smallest absolute Gasteiger partial charge is 0.220 e. The molecule has 0 aliphatic heterocycles. The highest BCUT2D eigenvalue weighted by Crippen LogP contribution is 2.22. The normalized spacial score (nSPS) is 13.2. The number of aryl methyl sites for hydroxylation is 1. The molecule has 0 aliphatic carbocycles. The first-order valence-corrected chi connectivity index (χ1v) is 6.91. The number of nitrogens with one attached hydrogen (secondary N) is 1. The van der Waals surface area contributed by atoms with E-state index in [1.165, 1.54) is 0 Å². The summed E-state index contributed by atoms with van der Waals surface area (Å²) in [7, 11) is 0. The van der Waals surface area contributed by atoms with E-state index in [-0.39, 0.29) is 5.91 Å². The minimum Gasteiger partial charge on any atom is -0.391 e. The number of carbonyl (C=O) groups is 1. The Labute approximate surface area is 123 Å². The van der Waals surface area contributed by atoms with Gasteiger partial charge in [-0.05, 0) is 44.9 Å². The molecule has 106 valence electrons. The standard InChI is InChI=1S/C14H19Cl2NO2/c1-9(18)14(2,3)17-13(19)7-5-10-4-6-11(15)8-12(10)16/h4,6,8-9,18H,5,7H2,1-3H3,(H,17,19). The second-order valence-corrected chi connectivity index (χ2v) is 6.03. The molecule has 0 heterocycles. The number of benzene rings is 1. The van der Waals surface area contributed by atoms with Gasteiger partial charge in [0.25, 0.3) is 0 Å². The van der Waals surface area contributed by atoms with Crippen LogP contribution in [0.4, 0.5) is 0 Å². The number of carbonyl (C=O) groups excluding carboxylic acids is 1. The summed E-state index contributed by atoms with van der Waals surface area (Å²) in [6.45, 7) is 5.21. The molecule has 0 aliphatic rings. The van der Waals surface area contributed by atoms with Crippen molar-refractivity contribution < 1.29 is 9.90 Å². The summed E-state index contributed by atoms with van der Waals surface area (Å²) in [5, 5.41) is 13.5. The predicted molar refractivity (Wildman–Crippen MR) is 78.7 cm³/mol. The maximum atomic E-state index is 11.8. The van der Waals surface area contributed by atoms with Gasteiger partial charge in [0.1, 0.15) is 0 Å². The molecule has 0 aromatic heterocycles. The summed E-state index contributed by atoms with van der Waals surface area (Å²) >= 11 is 11.9. The molecule has 2 N–H and O–H groups in total. The molecule has 1 unspecified atom stereocenters. The van der Waals surface area contributed by atoms with Crippen molar-refractivity contribution in [3.63, 3.8) is 0 Å². The van der Waals surface area contributed by atoms with Gasteiger partial charge in [0.2, 0.25) is 5.91 Å². The van der Waals surface area contributed by atoms with Crippen LogP contribution in [0.3, 0.4) is 0 Å². The highest BCUT2D eigenvalue weighted by Gasteiger charge is 2.25. The van der Waals surface area contributed by atoms with Gasteiger partial charge in [-0.3, -0.25) is 4.79 Å². The quantitative estimate of drug-likeness (QED) is 0.877. The van der Waals surface area contributed by atoms with E-state index in [4.69, 9.17) is 23.2 Å². The first kappa shape index (κ1) is 16.3. The Morgan fingerprint density at radius 3 is 2.58 bits per heavy atom. The zero-order valence-corrected chi connectivity index (χ0v) is 12.8. The predicted octanol–water partition coefficient (Wildman–Crippen LogP) is 3.20. The zero-order valence-electron chi connectivity index (χ0n) is 11.3. The molecule has 3 nitrogen and oxygen atoms in total. The van der Waals surface area contributed by atoms with E-state index in [1.54, 1.807) is 32.9 Å². The number of hydrogen-bond acceptors (Lipinski definition) is 2. The maximum Gasteiger partial charge on any atom is 0.220 e. The van der Waals surface area contributed by atoms with Crippen LogP contribution in [0, 0.1) is 0 Å². The van der Waals surface area contributed by atoms with Gasteiger partial charge >= 0.3 is 0 Å². The lowest BCUT2D eigenvalue weighted by molar-refractivity contribution is -0.123. The summed E-state index contributed by atoms with van der Waals surface area (Å²) in [5.74, 6) is -0.114. The molecule has 1 rings (SSSR count). The second-order valence-electron chi connectivity index (χ2n) is 5.18. The minimum atomic E-state index is -0.638. The Kier molecular flexibility index (Phi) is 5.65. The van der Waals surface area contributed by atoms with Crippen molar-refractivity contribution in [3.8, 4) is 0 Å². The van der Waals surface area contributed by atoms with Crippen molar-refractivity contribution in [1.82, 2.24) is 5.32 Å². The summed E-state index contributed by atoms with van der Waals surface area (Å²) < 4.78 is 0. The lowest BCUT2D eigenvalue weighted by Crippen LogP contribution is -2.51. The van der Waals surface area contributed by atoms with Crippen LogP contribution in [0.1, 0.15) is 32.8 Å². The van der Waals surface area contributed by atoms with Gasteiger partial charge in [-0.1, -0.05) is 29.3 Å². The fraction of sp³-hybridized carbons (Fsp3) is 0.500. The van der Waals surface area contributed by atoms with Gasteiger partial charge in [-0.25, -0.2) is 0 Å². The van der Waals surface area contributed by atoms with E-state index in [0.29, 0.717) is 22.9 Å². The molecule has 1 atom stereocenters. The molecule has 0 fully saturated rings. The van der Waals surface area contributed by atoms with E-state index in [9.17, 15) is 9.90 Å². The average molecular weight is 304 g/mol. The average Bonchev–Trinajstić information content (AvgIpc) is 2.27. The molecule has 0 saturated carbocycles. The van der Waals surface area contributed by atoms with E-state index in [2.05, 4.69) is 5.32 Å². The van der Waals surface area contributed by atoms with Crippen molar-refractivity contribution in [2.75, 3.05) is 0 Å². The summed E-state index contributed by atoms with van der Waals surface area (Å²) in [6.07, 6.45) is 0.241. The Bertz CT molecular complexity index is 459.